The van der Waals surface area contributed by atoms with Gasteiger partial charge < -0.3 is 16.2 Å². The first kappa shape index (κ1) is 11.7. The van der Waals surface area contributed by atoms with Crippen LogP contribution in [-0.4, -0.2) is 27.7 Å². The second-order valence-corrected chi connectivity index (χ2v) is 3.56. The first-order valence-corrected chi connectivity index (χ1v) is 5.14. The highest BCUT2D eigenvalue weighted by Crippen LogP contribution is 2.14. The fourth-order valence-electron chi connectivity index (χ4n) is 1.29. The lowest BCUT2D eigenvalue weighted by molar-refractivity contribution is 0.176. The van der Waals surface area contributed by atoms with Crippen molar-refractivity contribution in [3.63, 3.8) is 0 Å². The summed E-state index contributed by atoms with van der Waals surface area (Å²) in [6, 6.07) is 0. The quantitative estimate of drug-likeness (QED) is 0.673. The minimum atomic E-state index is -0.342. The Morgan fingerprint density at radius 1 is 1.53 bits per heavy atom. The van der Waals surface area contributed by atoms with Gasteiger partial charge in [0.15, 0.2) is 0 Å². The molecule has 1 aromatic heterocycles. The van der Waals surface area contributed by atoms with E-state index in [1.54, 1.807) is 0 Å². The number of nitrogens with one attached hydrogen (secondary N) is 1. The van der Waals surface area contributed by atoms with Crippen LogP contribution in [0.25, 0.3) is 0 Å². The monoisotopic (exact) mass is 210 g/mol. The van der Waals surface area contributed by atoms with Gasteiger partial charge in [0.1, 0.15) is 18.0 Å². The van der Waals surface area contributed by atoms with Gasteiger partial charge in [-0.3, -0.25) is 0 Å². The van der Waals surface area contributed by atoms with Gasteiger partial charge >= 0.3 is 0 Å². The van der Waals surface area contributed by atoms with E-state index < -0.39 is 0 Å². The van der Waals surface area contributed by atoms with Crippen LogP contribution < -0.4 is 11.1 Å². The van der Waals surface area contributed by atoms with Gasteiger partial charge in [0.05, 0.1) is 6.10 Å². The molecule has 4 N–H and O–H groups in total. The smallest absolute Gasteiger partial charge is 0.134 e. The van der Waals surface area contributed by atoms with Gasteiger partial charge in [-0.25, -0.2) is 9.97 Å². The normalized spacial score (nSPS) is 12.5. The molecule has 0 saturated carbocycles. The van der Waals surface area contributed by atoms with Crippen molar-refractivity contribution in [3.8, 4) is 0 Å². The Bertz CT molecular complexity index is 316. The Morgan fingerprint density at radius 3 is 2.93 bits per heavy atom. The van der Waals surface area contributed by atoms with Crippen LogP contribution in [0.5, 0.6) is 0 Å². The molecule has 1 atom stereocenters. The summed E-state index contributed by atoms with van der Waals surface area (Å²) in [6.07, 6.45) is 2.82. The summed E-state index contributed by atoms with van der Waals surface area (Å²) in [6.45, 7) is 4.38. The van der Waals surface area contributed by atoms with E-state index in [1.807, 2.05) is 13.8 Å². The predicted molar refractivity (Wildman–Crippen MR) is 60.6 cm³/mol. The molecular formula is C10H18N4O. The predicted octanol–water partition coefficient (Wildman–Crippen LogP) is 0.940. The molecule has 0 aliphatic rings. The molecule has 0 fully saturated rings. The summed E-state index contributed by atoms with van der Waals surface area (Å²) >= 11 is 0. The standard InChI is InChI=1S/C10H18N4O/c1-3-4-8(15)5-12-10-7(2)9(11)13-6-14-10/h6,8,15H,3-5H2,1-2H3,(H3,11,12,13,14). The summed E-state index contributed by atoms with van der Waals surface area (Å²) < 4.78 is 0. The highest BCUT2D eigenvalue weighted by molar-refractivity contribution is 5.53. The molecule has 84 valence electrons. The van der Waals surface area contributed by atoms with Crippen LogP contribution in [0.1, 0.15) is 25.3 Å². The molecule has 1 rings (SSSR count). The highest BCUT2D eigenvalue weighted by Gasteiger charge is 2.06. The number of hydrogen-bond acceptors (Lipinski definition) is 5. The van der Waals surface area contributed by atoms with E-state index in [1.165, 1.54) is 6.33 Å². The van der Waals surface area contributed by atoms with Crippen LogP contribution in [0.2, 0.25) is 0 Å². The second kappa shape index (κ2) is 5.50. The van der Waals surface area contributed by atoms with Crippen molar-refractivity contribution in [1.29, 1.82) is 0 Å². The van der Waals surface area contributed by atoms with E-state index in [0.29, 0.717) is 18.2 Å². The zero-order chi connectivity index (χ0) is 11.3. The van der Waals surface area contributed by atoms with Crippen LogP contribution in [0.4, 0.5) is 11.6 Å². The minimum absolute atomic E-state index is 0.342. The van der Waals surface area contributed by atoms with Gasteiger partial charge in [0.25, 0.3) is 0 Å². The molecule has 0 aromatic carbocycles. The molecule has 0 spiro atoms. The number of aromatic nitrogens is 2. The Labute approximate surface area is 89.7 Å². The summed E-state index contributed by atoms with van der Waals surface area (Å²) in [5.74, 6) is 1.16. The van der Waals surface area contributed by atoms with E-state index >= 15 is 0 Å². The molecule has 1 aromatic rings. The number of aliphatic hydroxyl groups excluding tert-OH is 1. The molecule has 5 nitrogen and oxygen atoms in total. The zero-order valence-corrected chi connectivity index (χ0v) is 9.20. The Kier molecular flexibility index (Phi) is 4.30. The number of hydrogen-bond donors (Lipinski definition) is 3. The fourth-order valence-corrected chi connectivity index (χ4v) is 1.29. The maximum absolute atomic E-state index is 9.53. The number of rotatable bonds is 5. The topological polar surface area (TPSA) is 84.1 Å². The average molecular weight is 210 g/mol. The van der Waals surface area contributed by atoms with Gasteiger partial charge in [-0.2, -0.15) is 0 Å². The number of nitrogens with two attached hydrogens (primary N) is 1. The van der Waals surface area contributed by atoms with Crippen molar-refractivity contribution in [3.05, 3.63) is 11.9 Å². The maximum Gasteiger partial charge on any atom is 0.134 e. The lowest BCUT2D eigenvalue weighted by Gasteiger charge is -2.12. The maximum atomic E-state index is 9.53. The molecule has 0 bridgehead atoms. The van der Waals surface area contributed by atoms with Crippen molar-refractivity contribution in [2.45, 2.75) is 32.8 Å². The van der Waals surface area contributed by atoms with Gasteiger partial charge in [-0.1, -0.05) is 13.3 Å². The SMILES string of the molecule is CCCC(O)CNc1ncnc(N)c1C. The van der Waals surface area contributed by atoms with Crippen molar-refractivity contribution < 1.29 is 5.11 Å². The Morgan fingerprint density at radius 2 is 2.27 bits per heavy atom. The summed E-state index contributed by atoms with van der Waals surface area (Å²) in [7, 11) is 0. The fraction of sp³-hybridized carbons (Fsp3) is 0.600. The Hall–Kier alpha value is -1.36. The number of nitrogens with zero attached hydrogens (tertiary/aromatic N) is 2. The van der Waals surface area contributed by atoms with Crippen LogP contribution in [-0.2, 0) is 0 Å². The molecule has 15 heavy (non-hydrogen) atoms. The third-order valence-corrected chi connectivity index (χ3v) is 2.25. The van der Waals surface area contributed by atoms with Crippen molar-refractivity contribution in [1.82, 2.24) is 9.97 Å². The van der Waals surface area contributed by atoms with Crippen LogP contribution in [0.3, 0.4) is 0 Å². The third kappa shape index (κ3) is 3.36. The number of nitrogen functional groups attached to an aromatic ring is 1. The van der Waals surface area contributed by atoms with Gasteiger partial charge in [-0.15, -0.1) is 0 Å². The van der Waals surface area contributed by atoms with E-state index in [9.17, 15) is 5.11 Å². The summed E-state index contributed by atoms with van der Waals surface area (Å²) in [5.41, 5.74) is 6.45. The molecule has 0 aliphatic heterocycles. The highest BCUT2D eigenvalue weighted by atomic mass is 16.3. The lowest BCUT2D eigenvalue weighted by atomic mass is 10.2. The molecule has 0 amide bonds. The van der Waals surface area contributed by atoms with E-state index in [0.717, 1.165) is 18.4 Å². The molecule has 0 aliphatic carbocycles. The first-order chi connectivity index (χ1) is 7.15. The molecule has 0 radical (unpaired) electrons. The second-order valence-electron chi connectivity index (χ2n) is 3.56. The van der Waals surface area contributed by atoms with Crippen molar-refractivity contribution in [2.24, 2.45) is 0 Å². The first-order valence-electron chi connectivity index (χ1n) is 5.14. The minimum Gasteiger partial charge on any atom is -0.391 e. The molecule has 5 heteroatoms. The van der Waals surface area contributed by atoms with E-state index in [2.05, 4.69) is 15.3 Å². The van der Waals surface area contributed by atoms with Crippen LogP contribution in [0.15, 0.2) is 6.33 Å². The lowest BCUT2D eigenvalue weighted by Crippen LogP contribution is -2.20. The largest absolute Gasteiger partial charge is 0.391 e. The third-order valence-electron chi connectivity index (χ3n) is 2.25. The number of aliphatic hydroxyl groups is 1. The summed E-state index contributed by atoms with van der Waals surface area (Å²) in [4.78, 5) is 7.92. The molecule has 1 heterocycles. The summed E-state index contributed by atoms with van der Waals surface area (Å²) in [5, 5.41) is 12.6. The van der Waals surface area contributed by atoms with Gasteiger partial charge in [0.2, 0.25) is 0 Å². The Balaban J connectivity index is 2.54. The van der Waals surface area contributed by atoms with Crippen molar-refractivity contribution in [2.75, 3.05) is 17.6 Å². The van der Waals surface area contributed by atoms with E-state index in [-0.39, 0.29) is 6.10 Å². The van der Waals surface area contributed by atoms with Gasteiger partial charge in [0, 0.05) is 12.1 Å². The molecule has 0 saturated heterocycles. The molecule has 1 unspecified atom stereocenters. The van der Waals surface area contributed by atoms with Gasteiger partial charge in [-0.05, 0) is 13.3 Å². The molecular weight excluding hydrogens is 192 g/mol. The van der Waals surface area contributed by atoms with E-state index in [4.69, 9.17) is 5.73 Å². The average Bonchev–Trinajstić information content (AvgIpc) is 2.21. The zero-order valence-electron chi connectivity index (χ0n) is 9.20. The van der Waals surface area contributed by atoms with Crippen LogP contribution in [0, 0.1) is 6.92 Å². The van der Waals surface area contributed by atoms with Crippen molar-refractivity contribution >= 4 is 11.6 Å². The number of anilines is 2. The van der Waals surface area contributed by atoms with Crippen LogP contribution >= 0.6 is 0 Å².